The van der Waals surface area contributed by atoms with Crippen molar-refractivity contribution in [2.24, 2.45) is 0 Å². The molecule has 0 aliphatic heterocycles. The van der Waals surface area contributed by atoms with Crippen LogP contribution in [0.25, 0.3) is 0 Å². The number of benzene rings is 1. The average molecular weight is 152 g/mol. The van der Waals surface area contributed by atoms with Crippen molar-refractivity contribution in [3.63, 3.8) is 0 Å². The van der Waals surface area contributed by atoms with E-state index >= 15 is 0 Å². The molecule has 0 heterocycles. The molecule has 3 heteroatoms. The number of hydrogen-bond acceptors (Lipinski definition) is 2. The Morgan fingerprint density at radius 2 is 1.22 bits per heavy atom. The Kier molecular flexibility index (Phi) is 4.02. The SMILES string of the molecule is Oc1ccccc1O.[CaH2]. The zero-order valence-electron chi connectivity index (χ0n) is 4.20. The van der Waals surface area contributed by atoms with Crippen LogP contribution in [0.3, 0.4) is 0 Å². The molecule has 9 heavy (non-hydrogen) atoms. The Balaban J connectivity index is 0.000000640. The van der Waals surface area contributed by atoms with E-state index in [-0.39, 0.29) is 49.2 Å². The first-order valence-electron chi connectivity index (χ1n) is 2.27. The van der Waals surface area contributed by atoms with Crippen LogP contribution in [0.15, 0.2) is 24.3 Å². The molecule has 0 saturated heterocycles. The van der Waals surface area contributed by atoms with Gasteiger partial charge in [0.1, 0.15) is 0 Å². The van der Waals surface area contributed by atoms with Crippen LogP contribution < -0.4 is 0 Å². The number of para-hydroxylation sites is 2. The van der Waals surface area contributed by atoms with E-state index in [9.17, 15) is 0 Å². The van der Waals surface area contributed by atoms with Gasteiger partial charge in [0.15, 0.2) is 11.5 Å². The fourth-order valence-electron chi connectivity index (χ4n) is 0.464. The number of phenolic OH excluding ortho intramolecular Hbond substituents is 2. The zero-order chi connectivity index (χ0) is 5.98. The summed E-state index contributed by atoms with van der Waals surface area (Å²) in [6, 6.07) is 6.15. The first-order chi connectivity index (χ1) is 3.80. The summed E-state index contributed by atoms with van der Waals surface area (Å²) < 4.78 is 0. The molecule has 0 aromatic heterocycles. The number of aromatic hydroxyl groups is 2. The topological polar surface area (TPSA) is 40.5 Å². The van der Waals surface area contributed by atoms with Crippen LogP contribution in [0.2, 0.25) is 0 Å². The van der Waals surface area contributed by atoms with Crippen LogP contribution in [-0.2, 0) is 0 Å². The third-order valence-electron chi connectivity index (χ3n) is 0.882. The van der Waals surface area contributed by atoms with Crippen LogP contribution in [-0.4, -0.2) is 48.0 Å². The summed E-state index contributed by atoms with van der Waals surface area (Å²) in [5.41, 5.74) is 0. The molecule has 0 aliphatic carbocycles. The molecule has 0 atom stereocenters. The van der Waals surface area contributed by atoms with E-state index in [1.165, 1.54) is 12.1 Å². The Morgan fingerprint density at radius 1 is 0.889 bits per heavy atom. The predicted octanol–water partition coefficient (Wildman–Crippen LogP) is 0.182. The molecule has 1 aromatic carbocycles. The van der Waals surface area contributed by atoms with E-state index < -0.39 is 0 Å². The Labute approximate surface area is 83.1 Å². The van der Waals surface area contributed by atoms with Crippen LogP contribution in [0.4, 0.5) is 0 Å². The van der Waals surface area contributed by atoms with Gasteiger partial charge in [0.2, 0.25) is 0 Å². The molecule has 1 rings (SSSR count). The monoisotopic (exact) mass is 152 g/mol. The Hall–Kier alpha value is 0.0797. The quantitative estimate of drug-likeness (QED) is 0.411. The molecule has 0 fully saturated rings. The van der Waals surface area contributed by atoms with Crippen LogP contribution in [0, 0.1) is 0 Å². The van der Waals surface area contributed by atoms with Crippen molar-refractivity contribution >= 4 is 37.7 Å². The van der Waals surface area contributed by atoms with Gasteiger partial charge in [0.25, 0.3) is 0 Å². The maximum atomic E-state index is 8.67. The van der Waals surface area contributed by atoms with Gasteiger partial charge >= 0.3 is 37.7 Å². The molecule has 0 radical (unpaired) electrons. The Morgan fingerprint density at radius 3 is 1.44 bits per heavy atom. The van der Waals surface area contributed by atoms with Crippen LogP contribution >= 0.6 is 0 Å². The van der Waals surface area contributed by atoms with Crippen molar-refractivity contribution in [1.82, 2.24) is 0 Å². The van der Waals surface area contributed by atoms with E-state index in [4.69, 9.17) is 10.2 Å². The van der Waals surface area contributed by atoms with Crippen molar-refractivity contribution in [2.75, 3.05) is 0 Å². The van der Waals surface area contributed by atoms with E-state index in [0.717, 1.165) is 0 Å². The number of rotatable bonds is 0. The molecule has 0 bridgehead atoms. The van der Waals surface area contributed by atoms with Crippen molar-refractivity contribution in [2.45, 2.75) is 0 Å². The summed E-state index contributed by atoms with van der Waals surface area (Å²) in [6.45, 7) is 0. The van der Waals surface area contributed by atoms with Gasteiger partial charge in [0.05, 0.1) is 0 Å². The second-order valence-corrected chi connectivity index (χ2v) is 1.49. The molecule has 0 unspecified atom stereocenters. The number of phenols is 2. The van der Waals surface area contributed by atoms with Crippen LogP contribution in [0.5, 0.6) is 11.5 Å². The van der Waals surface area contributed by atoms with Gasteiger partial charge in [-0.2, -0.15) is 0 Å². The fourth-order valence-corrected chi connectivity index (χ4v) is 0.464. The van der Waals surface area contributed by atoms with Gasteiger partial charge < -0.3 is 10.2 Å². The third kappa shape index (κ3) is 2.43. The molecule has 46 valence electrons. The molecule has 0 aliphatic rings. The summed E-state index contributed by atoms with van der Waals surface area (Å²) in [7, 11) is 0. The Bertz CT molecular complexity index is 167. The van der Waals surface area contributed by atoms with Gasteiger partial charge in [-0.1, -0.05) is 12.1 Å². The van der Waals surface area contributed by atoms with E-state index in [2.05, 4.69) is 0 Å². The fraction of sp³-hybridized carbons (Fsp3) is 0. The van der Waals surface area contributed by atoms with Gasteiger partial charge in [-0.15, -0.1) is 0 Å². The number of hydrogen-bond donors (Lipinski definition) is 2. The maximum absolute atomic E-state index is 8.67. The summed E-state index contributed by atoms with van der Waals surface area (Å²) in [4.78, 5) is 0. The summed E-state index contributed by atoms with van der Waals surface area (Å²) in [5.74, 6) is -0.153. The standard InChI is InChI=1S/C6H6O2.Ca.2H/c7-5-3-1-2-4-6(5)8;;;/h1-4,7-8H;;;. The summed E-state index contributed by atoms with van der Waals surface area (Å²) in [5, 5.41) is 17.3. The van der Waals surface area contributed by atoms with Gasteiger partial charge in [-0.3, -0.25) is 0 Å². The molecule has 2 nitrogen and oxygen atoms in total. The molecule has 1 aromatic rings. The molecular weight excluding hydrogens is 144 g/mol. The summed E-state index contributed by atoms with van der Waals surface area (Å²) in [6.07, 6.45) is 0. The van der Waals surface area contributed by atoms with Crippen molar-refractivity contribution < 1.29 is 10.2 Å². The zero-order valence-corrected chi connectivity index (χ0v) is 4.20. The van der Waals surface area contributed by atoms with Crippen molar-refractivity contribution in [3.05, 3.63) is 24.3 Å². The molecule has 0 spiro atoms. The molecule has 0 amide bonds. The predicted molar refractivity (Wildman–Crippen MR) is 38.3 cm³/mol. The van der Waals surface area contributed by atoms with Crippen molar-refractivity contribution in [1.29, 1.82) is 0 Å². The van der Waals surface area contributed by atoms with Crippen molar-refractivity contribution in [3.8, 4) is 11.5 Å². The van der Waals surface area contributed by atoms with Gasteiger partial charge in [-0.05, 0) is 12.1 Å². The normalized spacial score (nSPS) is 8.00. The van der Waals surface area contributed by atoms with Gasteiger partial charge in [-0.25, -0.2) is 0 Å². The second-order valence-electron chi connectivity index (χ2n) is 1.49. The second kappa shape index (κ2) is 3.99. The molecule has 2 N–H and O–H groups in total. The molecular formula is C6H8CaO2. The summed E-state index contributed by atoms with van der Waals surface area (Å²) >= 11 is 0. The first kappa shape index (κ1) is 9.08. The average Bonchev–Trinajstić information content (AvgIpc) is 1.77. The van der Waals surface area contributed by atoms with E-state index in [1.807, 2.05) is 0 Å². The van der Waals surface area contributed by atoms with Crippen LogP contribution in [0.1, 0.15) is 0 Å². The first-order valence-corrected chi connectivity index (χ1v) is 2.27. The third-order valence-corrected chi connectivity index (χ3v) is 0.882. The minimum absolute atomic E-state index is 0. The minimum atomic E-state index is -0.0764. The van der Waals surface area contributed by atoms with E-state index in [1.54, 1.807) is 12.1 Å². The van der Waals surface area contributed by atoms with Gasteiger partial charge in [0, 0.05) is 0 Å². The molecule has 0 saturated carbocycles. The van der Waals surface area contributed by atoms with E-state index in [0.29, 0.717) is 0 Å².